The van der Waals surface area contributed by atoms with Crippen LogP contribution in [0.1, 0.15) is 10.4 Å². The van der Waals surface area contributed by atoms with Gasteiger partial charge in [0.2, 0.25) is 0 Å². The van der Waals surface area contributed by atoms with Gasteiger partial charge in [-0.25, -0.2) is 4.98 Å². The quantitative estimate of drug-likeness (QED) is 0.847. The van der Waals surface area contributed by atoms with Crippen LogP contribution in [0.3, 0.4) is 0 Å². The molecule has 0 aliphatic heterocycles. The summed E-state index contributed by atoms with van der Waals surface area (Å²) in [6, 6.07) is 1.94. The molecule has 2 heterocycles. The van der Waals surface area contributed by atoms with Gasteiger partial charge in [-0.2, -0.15) is 24.5 Å². The second-order valence-corrected chi connectivity index (χ2v) is 5.28. The van der Waals surface area contributed by atoms with Crippen molar-refractivity contribution in [2.24, 2.45) is 0 Å². The maximum absolute atomic E-state index is 12.4. The number of alkyl halides is 3. The van der Waals surface area contributed by atoms with Crippen molar-refractivity contribution in [3.8, 4) is 0 Å². The van der Waals surface area contributed by atoms with Gasteiger partial charge in [0.25, 0.3) is 0 Å². The standard InChI is InChI=1S/C10H9F3N2S2/c1-15(5-7-2-3-16-6-7)9-14-4-8(17-9)10(11,12)13/h2-4,6H,5H2,1H3. The van der Waals surface area contributed by atoms with Gasteiger partial charge in [-0.05, 0) is 22.4 Å². The second-order valence-electron chi connectivity index (χ2n) is 3.49. The Morgan fingerprint density at radius 3 is 2.71 bits per heavy atom. The summed E-state index contributed by atoms with van der Waals surface area (Å²) < 4.78 is 37.2. The van der Waals surface area contributed by atoms with E-state index in [1.165, 1.54) is 0 Å². The lowest BCUT2D eigenvalue weighted by molar-refractivity contribution is -0.134. The molecular weight excluding hydrogens is 269 g/mol. The molecule has 0 atom stereocenters. The number of nitrogens with zero attached hydrogens (tertiary/aromatic N) is 2. The molecule has 7 heteroatoms. The monoisotopic (exact) mass is 278 g/mol. The van der Waals surface area contributed by atoms with Crippen molar-refractivity contribution < 1.29 is 13.2 Å². The largest absolute Gasteiger partial charge is 0.427 e. The minimum absolute atomic E-state index is 0.378. The number of halogens is 3. The van der Waals surface area contributed by atoms with Crippen molar-refractivity contribution in [3.63, 3.8) is 0 Å². The molecule has 0 fully saturated rings. The molecule has 0 unspecified atom stereocenters. The molecule has 2 rings (SSSR count). The van der Waals surface area contributed by atoms with Gasteiger partial charge < -0.3 is 4.90 Å². The molecule has 0 N–H and O–H groups in total. The highest BCUT2D eigenvalue weighted by Gasteiger charge is 2.33. The van der Waals surface area contributed by atoms with Crippen LogP contribution < -0.4 is 4.90 Å². The molecule has 0 aromatic carbocycles. The Hall–Kier alpha value is -1.08. The molecule has 0 bridgehead atoms. The number of aromatic nitrogens is 1. The fraction of sp³-hybridized carbons (Fsp3) is 0.300. The Balaban J connectivity index is 2.10. The van der Waals surface area contributed by atoms with Crippen LogP contribution in [0.4, 0.5) is 18.3 Å². The van der Waals surface area contributed by atoms with Crippen LogP contribution in [-0.2, 0) is 12.7 Å². The smallest absolute Gasteiger partial charge is 0.347 e. The number of thiophene rings is 1. The van der Waals surface area contributed by atoms with Crippen molar-refractivity contribution in [3.05, 3.63) is 33.5 Å². The highest BCUT2D eigenvalue weighted by Crippen LogP contribution is 2.36. The van der Waals surface area contributed by atoms with Gasteiger partial charge in [-0.15, -0.1) is 0 Å². The summed E-state index contributed by atoms with van der Waals surface area (Å²) in [5, 5.41) is 4.28. The predicted octanol–water partition coefficient (Wildman–Crippen LogP) is 3.86. The number of hydrogen-bond donors (Lipinski definition) is 0. The SMILES string of the molecule is CN(Cc1ccsc1)c1ncc(C(F)(F)F)s1. The Labute approximate surface area is 104 Å². The van der Waals surface area contributed by atoms with E-state index in [1.807, 2.05) is 16.8 Å². The van der Waals surface area contributed by atoms with Crippen molar-refractivity contribution in [1.29, 1.82) is 0 Å². The minimum atomic E-state index is -4.31. The molecule has 2 aromatic heterocycles. The number of hydrogen-bond acceptors (Lipinski definition) is 4. The summed E-state index contributed by atoms with van der Waals surface area (Å²) >= 11 is 2.23. The molecule has 0 amide bonds. The van der Waals surface area contributed by atoms with Crippen LogP contribution in [0.25, 0.3) is 0 Å². The first kappa shape index (κ1) is 12.4. The third-order valence-electron chi connectivity index (χ3n) is 2.10. The van der Waals surface area contributed by atoms with Crippen molar-refractivity contribution in [2.75, 3.05) is 11.9 Å². The highest BCUT2D eigenvalue weighted by atomic mass is 32.1. The van der Waals surface area contributed by atoms with E-state index in [1.54, 1.807) is 23.3 Å². The maximum Gasteiger partial charge on any atom is 0.427 e. The minimum Gasteiger partial charge on any atom is -0.347 e. The van der Waals surface area contributed by atoms with Crippen LogP contribution in [0.2, 0.25) is 0 Å². The van der Waals surface area contributed by atoms with Crippen LogP contribution in [0.5, 0.6) is 0 Å². The van der Waals surface area contributed by atoms with Gasteiger partial charge in [0.05, 0.1) is 6.20 Å². The molecule has 0 aliphatic carbocycles. The van der Waals surface area contributed by atoms with E-state index < -0.39 is 11.1 Å². The van der Waals surface area contributed by atoms with Crippen LogP contribution in [0.15, 0.2) is 23.0 Å². The normalized spacial score (nSPS) is 11.8. The van der Waals surface area contributed by atoms with Crippen molar-refractivity contribution >= 4 is 27.8 Å². The Bertz CT molecular complexity index is 476. The van der Waals surface area contributed by atoms with Gasteiger partial charge in [-0.1, -0.05) is 11.3 Å². The molecule has 0 spiro atoms. The lowest BCUT2D eigenvalue weighted by Gasteiger charge is -2.14. The topological polar surface area (TPSA) is 16.1 Å². The lowest BCUT2D eigenvalue weighted by Crippen LogP contribution is -2.15. The molecule has 0 saturated carbocycles. The van der Waals surface area contributed by atoms with E-state index >= 15 is 0 Å². The number of rotatable bonds is 3. The zero-order valence-electron chi connectivity index (χ0n) is 8.86. The summed E-state index contributed by atoms with van der Waals surface area (Å²) in [5.74, 6) is 0. The van der Waals surface area contributed by atoms with Gasteiger partial charge in [0.1, 0.15) is 4.88 Å². The van der Waals surface area contributed by atoms with E-state index in [0.29, 0.717) is 23.0 Å². The number of thiazole rings is 1. The van der Waals surface area contributed by atoms with Crippen molar-refractivity contribution in [1.82, 2.24) is 4.98 Å². The first-order chi connectivity index (χ1) is 7.97. The van der Waals surface area contributed by atoms with E-state index in [-0.39, 0.29) is 0 Å². The molecule has 17 heavy (non-hydrogen) atoms. The molecule has 92 valence electrons. The molecular formula is C10H9F3N2S2. The molecule has 0 aliphatic rings. The summed E-state index contributed by atoms with van der Waals surface area (Å²) in [7, 11) is 1.73. The van der Waals surface area contributed by atoms with Gasteiger partial charge >= 0.3 is 6.18 Å². The molecule has 0 saturated heterocycles. The van der Waals surface area contributed by atoms with E-state index in [0.717, 1.165) is 11.8 Å². The maximum atomic E-state index is 12.4. The average molecular weight is 278 g/mol. The van der Waals surface area contributed by atoms with Gasteiger partial charge in [-0.3, -0.25) is 0 Å². The average Bonchev–Trinajstić information content (AvgIpc) is 2.85. The Morgan fingerprint density at radius 1 is 1.41 bits per heavy atom. The third-order valence-corrected chi connectivity index (χ3v) is 3.99. The fourth-order valence-electron chi connectivity index (χ4n) is 1.30. The molecule has 2 aromatic rings. The molecule has 0 radical (unpaired) electrons. The second kappa shape index (κ2) is 4.66. The Kier molecular flexibility index (Phi) is 3.39. The highest BCUT2D eigenvalue weighted by molar-refractivity contribution is 7.15. The summed E-state index contributed by atoms with van der Waals surface area (Å²) in [4.78, 5) is 4.84. The first-order valence-corrected chi connectivity index (χ1v) is 6.48. The summed E-state index contributed by atoms with van der Waals surface area (Å²) in [6.45, 7) is 0.564. The Morgan fingerprint density at radius 2 is 2.18 bits per heavy atom. The first-order valence-electron chi connectivity index (χ1n) is 4.72. The summed E-state index contributed by atoms with van der Waals surface area (Å²) in [5.41, 5.74) is 1.07. The van der Waals surface area contributed by atoms with E-state index in [4.69, 9.17) is 0 Å². The van der Waals surface area contributed by atoms with E-state index in [2.05, 4.69) is 4.98 Å². The van der Waals surface area contributed by atoms with Gasteiger partial charge in [0, 0.05) is 13.6 Å². The van der Waals surface area contributed by atoms with Crippen LogP contribution in [-0.4, -0.2) is 12.0 Å². The zero-order valence-corrected chi connectivity index (χ0v) is 10.5. The van der Waals surface area contributed by atoms with Crippen molar-refractivity contribution in [2.45, 2.75) is 12.7 Å². The van der Waals surface area contributed by atoms with Gasteiger partial charge in [0.15, 0.2) is 5.13 Å². The fourth-order valence-corrected chi connectivity index (χ4v) is 2.70. The summed E-state index contributed by atoms with van der Waals surface area (Å²) in [6.07, 6.45) is -3.43. The third kappa shape index (κ3) is 2.98. The van der Waals surface area contributed by atoms with E-state index in [9.17, 15) is 13.2 Å². The predicted molar refractivity (Wildman–Crippen MR) is 63.5 cm³/mol. The van der Waals surface area contributed by atoms with Crippen LogP contribution in [0, 0.1) is 0 Å². The zero-order chi connectivity index (χ0) is 12.5. The van der Waals surface area contributed by atoms with Crippen LogP contribution >= 0.6 is 22.7 Å². The molecule has 2 nitrogen and oxygen atoms in total. The lowest BCUT2D eigenvalue weighted by atomic mass is 10.3. The number of anilines is 1.